The molecule has 3 N–H and O–H groups in total. The summed E-state index contributed by atoms with van der Waals surface area (Å²) in [6.45, 7) is 0.102. The van der Waals surface area contributed by atoms with Gasteiger partial charge in [0.2, 0.25) is 5.91 Å². The highest BCUT2D eigenvalue weighted by Crippen LogP contribution is 2.35. The molecule has 1 aromatic heterocycles. The Balaban J connectivity index is 1.20. The summed E-state index contributed by atoms with van der Waals surface area (Å²) >= 11 is 0. The molecule has 0 saturated carbocycles. The van der Waals surface area contributed by atoms with Crippen molar-refractivity contribution in [3.8, 4) is 0 Å². The van der Waals surface area contributed by atoms with Crippen LogP contribution in [0.15, 0.2) is 109 Å². The quantitative estimate of drug-likeness (QED) is 0.0922. The third-order valence-electron chi connectivity index (χ3n) is 8.37. The number of aromatic nitrogens is 1. The Hall–Kier alpha value is -5.81. The highest BCUT2D eigenvalue weighted by atomic mass is 16.6. The van der Waals surface area contributed by atoms with E-state index in [1.807, 2.05) is 84.9 Å². The summed E-state index contributed by atoms with van der Waals surface area (Å²) in [5.74, 6) is -1.62. The van der Waals surface area contributed by atoms with Crippen LogP contribution >= 0.6 is 0 Å². The number of H-pyrrole nitrogens is 1. The third-order valence-corrected chi connectivity index (χ3v) is 8.37. The Bertz CT molecular complexity index is 1910. The first-order valence-electron chi connectivity index (χ1n) is 15.7. The summed E-state index contributed by atoms with van der Waals surface area (Å²) < 4.78 is 11.0. The fourth-order valence-corrected chi connectivity index (χ4v) is 5.88. The van der Waals surface area contributed by atoms with E-state index in [4.69, 9.17) is 9.47 Å². The molecule has 0 aliphatic carbocycles. The van der Waals surface area contributed by atoms with Crippen molar-refractivity contribution in [3.05, 3.63) is 147 Å². The van der Waals surface area contributed by atoms with Gasteiger partial charge in [-0.05, 0) is 41.2 Å². The molecule has 0 unspecified atom stereocenters. The minimum Gasteiger partial charge on any atom is -0.461 e. The summed E-state index contributed by atoms with van der Waals surface area (Å²) in [4.78, 5) is 54.2. The van der Waals surface area contributed by atoms with Gasteiger partial charge < -0.3 is 19.8 Å². The highest BCUT2D eigenvalue weighted by Gasteiger charge is 2.36. The smallest absolute Gasteiger partial charge is 0.328 e. The average molecular weight is 647 g/mol. The largest absolute Gasteiger partial charge is 0.461 e. The van der Waals surface area contributed by atoms with Crippen LogP contribution in [-0.2, 0) is 43.5 Å². The first kappa shape index (κ1) is 32.1. The van der Waals surface area contributed by atoms with Crippen LogP contribution in [0.1, 0.15) is 46.8 Å². The molecule has 1 amide bonds. The molecule has 11 heteroatoms. The maximum atomic E-state index is 13.9. The zero-order valence-corrected chi connectivity index (χ0v) is 26.0. The van der Waals surface area contributed by atoms with Gasteiger partial charge in [-0.15, -0.1) is 0 Å². The second-order valence-corrected chi connectivity index (χ2v) is 11.6. The van der Waals surface area contributed by atoms with Crippen molar-refractivity contribution >= 4 is 34.4 Å². The maximum absolute atomic E-state index is 13.9. The number of para-hydroxylation sites is 1. The number of carbonyl (C=O) groups excluding carboxylic acids is 3. The molecule has 5 aromatic rings. The minimum absolute atomic E-state index is 0.00704. The van der Waals surface area contributed by atoms with Crippen molar-refractivity contribution in [1.82, 2.24) is 15.6 Å². The van der Waals surface area contributed by atoms with Crippen LogP contribution in [0, 0.1) is 10.1 Å². The number of non-ortho nitro benzene ring substituents is 1. The molecule has 1 aliphatic heterocycles. The molecular formula is C37H34N4O7. The molecule has 3 atom stereocenters. The number of benzene rings is 4. The number of rotatable bonds is 12. The van der Waals surface area contributed by atoms with Gasteiger partial charge >= 0.3 is 11.9 Å². The number of nitrogens with zero attached hydrogens (tertiary/aromatic N) is 1. The number of aromatic amines is 1. The van der Waals surface area contributed by atoms with Gasteiger partial charge in [-0.2, -0.15) is 0 Å². The van der Waals surface area contributed by atoms with Gasteiger partial charge in [0.25, 0.3) is 5.69 Å². The summed E-state index contributed by atoms with van der Waals surface area (Å²) in [6.07, 6.45) is 0.178. The van der Waals surface area contributed by atoms with Crippen molar-refractivity contribution < 1.29 is 28.8 Å². The zero-order valence-electron chi connectivity index (χ0n) is 26.0. The van der Waals surface area contributed by atoms with Crippen LogP contribution in [0.25, 0.3) is 10.9 Å². The normalized spacial score (nSPS) is 16.0. The standard InChI is InChI=1S/C37H34N4O7/c42-33(47-22-24-9-3-1-4-10-24)20-19-31(37(44)48-23-25-11-5-2-6-12-25)40-36(43)32-21-29-28-13-7-8-14-30(28)38-35(29)34(39-32)26-15-17-27(18-16-26)41(45)46/h1-18,31-32,34,38-39H,19-23H2,(H,40,43)/t31-,32-,34+/m0/s1. The summed E-state index contributed by atoms with van der Waals surface area (Å²) in [7, 11) is 0. The molecule has 0 radical (unpaired) electrons. The first-order chi connectivity index (χ1) is 23.4. The van der Waals surface area contributed by atoms with Crippen molar-refractivity contribution in [2.45, 2.75) is 50.6 Å². The molecule has 6 rings (SSSR count). The Labute approximate surface area is 276 Å². The fourth-order valence-electron chi connectivity index (χ4n) is 5.88. The van der Waals surface area contributed by atoms with E-state index in [0.717, 1.165) is 38.9 Å². The lowest BCUT2D eigenvalue weighted by molar-refractivity contribution is -0.384. The van der Waals surface area contributed by atoms with E-state index in [0.29, 0.717) is 6.42 Å². The summed E-state index contributed by atoms with van der Waals surface area (Å²) in [6, 6.07) is 30.0. The number of nitrogens with one attached hydrogen (secondary N) is 3. The molecule has 48 heavy (non-hydrogen) atoms. The molecule has 11 nitrogen and oxygen atoms in total. The van der Waals surface area contributed by atoms with Crippen molar-refractivity contribution in [1.29, 1.82) is 0 Å². The SMILES string of the molecule is O=C(CC[C@H](NC(=O)[C@@H]1Cc2c([nH]c3ccccc23)[C@@H](c2ccc([N+](=O)[O-])cc2)N1)C(=O)OCc1ccccc1)OCc1ccccc1. The van der Waals surface area contributed by atoms with Gasteiger partial charge in [-0.25, -0.2) is 4.79 Å². The number of hydrogen-bond donors (Lipinski definition) is 3. The van der Waals surface area contributed by atoms with Crippen LogP contribution in [0.4, 0.5) is 5.69 Å². The van der Waals surface area contributed by atoms with Crippen LogP contribution in [0.5, 0.6) is 0 Å². The first-order valence-corrected chi connectivity index (χ1v) is 15.7. The molecule has 244 valence electrons. The van der Waals surface area contributed by atoms with Crippen LogP contribution in [-0.4, -0.2) is 39.8 Å². The molecule has 0 saturated heterocycles. The number of ether oxygens (including phenoxy) is 2. The van der Waals surface area contributed by atoms with Crippen LogP contribution in [0.3, 0.4) is 0 Å². The van der Waals surface area contributed by atoms with E-state index in [9.17, 15) is 24.5 Å². The summed E-state index contributed by atoms with van der Waals surface area (Å²) in [5, 5.41) is 18.5. The van der Waals surface area contributed by atoms with E-state index in [-0.39, 0.29) is 31.7 Å². The van der Waals surface area contributed by atoms with Gasteiger partial charge in [0.1, 0.15) is 19.3 Å². The van der Waals surface area contributed by atoms with Gasteiger partial charge in [0.15, 0.2) is 0 Å². The van der Waals surface area contributed by atoms with Crippen LogP contribution in [0.2, 0.25) is 0 Å². The molecule has 0 fully saturated rings. The van der Waals surface area contributed by atoms with Crippen molar-refractivity contribution in [2.75, 3.05) is 0 Å². The topological polar surface area (TPSA) is 153 Å². The Kier molecular flexibility index (Phi) is 9.87. The van der Waals surface area contributed by atoms with Crippen LogP contribution < -0.4 is 10.6 Å². The molecule has 4 aromatic carbocycles. The lowest BCUT2D eigenvalue weighted by atomic mass is 9.89. The molecule has 0 bridgehead atoms. The third kappa shape index (κ3) is 7.59. The minimum atomic E-state index is -1.12. The van der Waals surface area contributed by atoms with Gasteiger partial charge in [-0.3, -0.25) is 25.0 Å². The molecule has 0 spiro atoms. The number of hydrogen-bond acceptors (Lipinski definition) is 8. The summed E-state index contributed by atoms with van der Waals surface area (Å²) in [5.41, 5.74) is 4.99. The zero-order chi connectivity index (χ0) is 33.5. The number of carbonyl (C=O) groups is 3. The molecular weight excluding hydrogens is 612 g/mol. The monoisotopic (exact) mass is 646 g/mol. The van der Waals surface area contributed by atoms with Gasteiger partial charge in [0, 0.05) is 35.2 Å². The molecule has 2 heterocycles. The number of amides is 1. The lowest BCUT2D eigenvalue weighted by Gasteiger charge is -2.32. The number of nitro groups is 1. The Morgan fingerprint density at radius 2 is 1.46 bits per heavy atom. The number of fused-ring (bicyclic) bond motifs is 3. The van der Waals surface area contributed by atoms with Crippen molar-refractivity contribution in [2.24, 2.45) is 0 Å². The van der Waals surface area contributed by atoms with E-state index in [1.165, 1.54) is 12.1 Å². The number of esters is 2. The van der Waals surface area contributed by atoms with E-state index in [1.54, 1.807) is 12.1 Å². The number of nitro benzene ring substituents is 1. The fraction of sp³-hybridized carbons (Fsp3) is 0.216. The van der Waals surface area contributed by atoms with E-state index < -0.39 is 40.9 Å². The maximum Gasteiger partial charge on any atom is 0.328 e. The lowest BCUT2D eigenvalue weighted by Crippen LogP contribution is -2.54. The molecule has 1 aliphatic rings. The predicted molar refractivity (Wildman–Crippen MR) is 178 cm³/mol. The van der Waals surface area contributed by atoms with E-state index >= 15 is 0 Å². The van der Waals surface area contributed by atoms with Gasteiger partial charge in [-0.1, -0.05) is 91.0 Å². The van der Waals surface area contributed by atoms with Crippen molar-refractivity contribution in [3.63, 3.8) is 0 Å². The second-order valence-electron chi connectivity index (χ2n) is 11.6. The average Bonchev–Trinajstić information content (AvgIpc) is 3.50. The van der Waals surface area contributed by atoms with E-state index in [2.05, 4.69) is 15.6 Å². The second kappa shape index (κ2) is 14.7. The Morgan fingerprint density at radius 1 is 0.833 bits per heavy atom. The predicted octanol–water partition coefficient (Wildman–Crippen LogP) is 5.43. The van der Waals surface area contributed by atoms with Gasteiger partial charge in [0.05, 0.1) is 17.0 Å². The Morgan fingerprint density at radius 3 is 2.12 bits per heavy atom. The highest BCUT2D eigenvalue weighted by molar-refractivity contribution is 5.91.